The van der Waals surface area contributed by atoms with Crippen LogP contribution in [0, 0.1) is 17.3 Å². The fraction of sp³-hybridized carbons (Fsp3) is 1.00. The molecule has 0 aromatic carbocycles. The van der Waals surface area contributed by atoms with Crippen LogP contribution in [0.4, 0.5) is 0 Å². The minimum Gasteiger partial charge on any atom is -0.388 e. The molecule has 0 bridgehead atoms. The van der Waals surface area contributed by atoms with E-state index in [1.807, 2.05) is 0 Å². The van der Waals surface area contributed by atoms with E-state index in [9.17, 15) is 5.11 Å². The molecular weight excluding hydrogens is 210 g/mol. The molecule has 0 radical (unpaired) electrons. The van der Waals surface area contributed by atoms with E-state index in [1.165, 1.54) is 6.42 Å². The summed E-state index contributed by atoms with van der Waals surface area (Å²) < 4.78 is 0. The molecule has 2 rings (SSSR count). The third-order valence-electron chi connectivity index (χ3n) is 5.22. The minimum absolute atomic E-state index is 0.315. The summed E-state index contributed by atoms with van der Waals surface area (Å²) >= 11 is 0. The topological polar surface area (TPSA) is 46.2 Å². The van der Waals surface area contributed by atoms with Crippen molar-refractivity contribution < 1.29 is 5.11 Å². The van der Waals surface area contributed by atoms with E-state index in [0.29, 0.717) is 17.3 Å². The Kier molecular flexibility index (Phi) is 3.11. The van der Waals surface area contributed by atoms with Gasteiger partial charge in [0.2, 0.25) is 0 Å². The van der Waals surface area contributed by atoms with Crippen LogP contribution in [0.15, 0.2) is 0 Å². The molecule has 0 spiro atoms. The molecule has 2 fully saturated rings. The molecule has 0 amide bonds. The number of rotatable bonds is 2. The van der Waals surface area contributed by atoms with Crippen molar-refractivity contribution in [3.63, 3.8) is 0 Å². The quantitative estimate of drug-likeness (QED) is 0.778. The number of hydrogen-bond acceptors (Lipinski definition) is 2. The smallest absolute Gasteiger partial charge is 0.0829 e. The molecule has 0 aromatic rings. The highest BCUT2D eigenvalue weighted by Crippen LogP contribution is 2.55. The largest absolute Gasteiger partial charge is 0.388 e. The maximum Gasteiger partial charge on any atom is 0.0829 e. The Morgan fingerprint density at radius 3 is 2.29 bits per heavy atom. The summed E-state index contributed by atoms with van der Waals surface area (Å²) in [6.45, 7) is 9.04. The lowest BCUT2D eigenvalue weighted by Crippen LogP contribution is -2.70. The summed E-state index contributed by atoms with van der Waals surface area (Å²) in [6, 6.07) is 0. The zero-order valence-electron chi connectivity index (χ0n) is 11.9. The lowest BCUT2D eigenvalue weighted by molar-refractivity contribution is -0.146. The first-order valence-electron chi connectivity index (χ1n) is 7.19. The van der Waals surface area contributed by atoms with Crippen molar-refractivity contribution in [2.24, 2.45) is 23.0 Å². The molecule has 2 atom stereocenters. The lowest BCUT2D eigenvalue weighted by Gasteiger charge is -2.60. The van der Waals surface area contributed by atoms with E-state index >= 15 is 0 Å². The van der Waals surface area contributed by atoms with Crippen LogP contribution in [-0.2, 0) is 0 Å². The van der Waals surface area contributed by atoms with Crippen LogP contribution in [0.3, 0.4) is 0 Å². The number of aliphatic hydroxyl groups is 1. The van der Waals surface area contributed by atoms with Gasteiger partial charge in [0.05, 0.1) is 5.60 Å². The third kappa shape index (κ3) is 2.26. The monoisotopic (exact) mass is 239 g/mol. The highest BCUT2D eigenvalue weighted by Gasteiger charge is 2.59. The van der Waals surface area contributed by atoms with Crippen LogP contribution in [0.25, 0.3) is 0 Å². The van der Waals surface area contributed by atoms with Gasteiger partial charge in [-0.05, 0) is 49.4 Å². The average molecular weight is 239 g/mol. The van der Waals surface area contributed by atoms with Crippen molar-refractivity contribution >= 4 is 0 Å². The van der Waals surface area contributed by atoms with Gasteiger partial charge >= 0.3 is 0 Å². The third-order valence-corrected chi connectivity index (χ3v) is 5.22. The molecule has 0 aliphatic heterocycles. The van der Waals surface area contributed by atoms with Crippen LogP contribution in [0.1, 0.15) is 66.2 Å². The predicted octanol–water partition coefficient (Wildman–Crippen LogP) is 3.08. The molecular formula is C15H29NO. The standard InChI is InChI=1S/C15H29NO/c1-11(2)12-6-5-7-15(17,8-12)14(16)9-13(3,4)10-14/h11-12,17H,5-10,16H2,1-4H3. The van der Waals surface area contributed by atoms with Crippen LogP contribution in [-0.4, -0.2) is 16.2 Å². The second-order valence-corrected chi connectivity index (χ2v) is 7.81. The molecule has 2 nitrogen and oxygen atoms in total. The molecule has 0 heterocycles. The van der Waals surface area contributed by atoms with Crippen molar-refractivity contribution in [2.75, 3.05) is 0 Å². The summed E-state index contributed by atoms with van der Waals surface area (Å²) in [4.78, 5) is 0. The summed E-state index contributed by atoms with van der Waals surface area (Å²) in [7, 11) is 0. The van der Waals surface area contributed by atoms with Crippen molar-refractivity contribution in [3.05, 3.63) is 0 Å². The number of hydrogen-bond donors (Lipinski definition) is 2. The van der Waals surface area contributed by atoms with Crippen molar-refractivity contribution in [1.82, 2.24) is 0 Å². The van der Waals surface area contributed by atoms with Gasteiger partial charge in [0, 0.05) is 5.54 Å². The average Bonchev–Trinajstić information content (AvgIpc) is 2.14. The van der Waals surface area contributed by atoms with Crippen LogP contribution < -0.4 is 5.73 Å². The summed E-state index contributed by atoms with van der Waals surface area (Å²) in [5, 5.41) is 11.0. The van der Waals surface area contributed by atoms with Gasteiger partial charge < -0.3 is 10.8 Å². The summed E-state index contributed by atoms with van der Waals surface area (Å²) in [5.74, 6) is 1.32. The fourth-order valence-corrected chi connectivity index (χ4v) is 4.30. The molecule has 3 N–H and O–H groups in total. The summed E-state index contributed by atoms with van der Waals surface area (Å²) in [5.41, 5.74) is 5.91. The second kappa shape index (κ2) is 3.96. The molecule has 17 heavy (non-hydrogen) atoms. The van der Waals surface area contributed by atoms with Gasteiger partial charge in [-0.25, -0.2) is 0 Å². The molecule has 0 saturated heterocycles. The first-order valence-corrected chi connectivity index (χ1v) is 7.19. The normalized spacial score (nSPS) is 40.1. The van der Waals surface area contributed by atoms with Crippen LogP contribution in [0.5, 0.6) is 0 Å². The highest BCUT2D eigenvalue weighted by molar-refractivity contribution is 5.15. The highest BCUT2D eigenvalue weighted by atomic mass is 16.3. The van der Waals surface area contributed by atoms with Crippen molar-refractivity contribution in [3.8, 4) is 0 Å². The van der Waals surface area contributed by atoms with Gasteiger partial charge in [0.1, 0.15) is 0 Å². The van der Waals surface area contributed by atoms with E-state index < -0.39 is 5.60 Å². The zero-order chi connectivity index (χ0) is 12.9. The number of nitrogens with two attached hydrogens (primary N) is 1. The van der Waals surface area contributed by atoms with E-state index in [-0.39, 0.29) is 5.54 Å². The van der Waals surface area contributed by atoms with Gasteiger partial charge in [-0.15, -0.1) is 0 Å². The molecule has 2 aliphatic rings. The Labute approximate surface area is 106 Å². The maximum atomic E-state index is 11.0. The first-order chi connectivity index (χ1) is 7.68. The Hall–Kier alpha value is -0.0800. The van der Waals surface area contributed by atoms with E-state index in [1.54, 1.807) is 0 Å². The van der Waals surface area contributed by atoms with Gasteiger partial charge in [-0.1, -0.05) is 34.1 Å². The van der Waals surface area contributed by atoms with Crippen molar-refractivity contribution in [1.29, 1.82) is 0 Å². The van der Waals surface area contributed by atoms with E-state index in [2.05, 4.69) is 27.7 Å². The SMILES string of the molecule is CC(C)C1CCCC(O)(C2(N)CC(C)(C)C2)C1. The van der Waals surface area contributed by atoms with E-state index in [0.717, 1.165) is 32.1 Å². The molecule has 2 saturated carbocycles. The summed E-state index contributed by atoms with van der Waals surface area (Å²) in [6.07, 6.45) is 6.17. The Balaban J connectivity index is 2.09. The second-order valence-electron chi connectivity index (χ2n) is 7.81. The van der Waals surface area contributed by atoms with Gasteiger partial charge in [0.15, 0.2) is 0 Å². The lowest BCUT2D eigenvalue weighted by atomic mass is 9.50. The Morgan fingerprint density at radius 2 is 1.82 bits per heavy atom. The van der Waals surface area contributed by atoms with Crippen LogP contribution in [0.2, 0.25) is 0 Å². The Bertz CT molecular complexity index is 289. The fourth-order valence-electron chi connectivity index (χ4n) is 4.30. The molecule has 2 heteroatoms. The van der Waals surface area contributed by atoms with Crippen LogP contribution >= 0.6 is 0 Å². The predicted molar refractivity (Wildman–Crippen MR) is 71.7 cm³/mol. The van der Waals surface area contributed by atoms with Crippen molar-refractivity contribution in [2.45, 2.75) is 77.4 Å². The van der Waals surface area contributed by atoms with Gasteiger partial charge in [0.25, 0.3) is 0 Å². The zero-order valence-corrected chi connectivity index (χ0v) is 11.9. The van der Waals surface area contributed by atoms with Gasteiger partial charge in [-0.2, -0.15) is 0 Å². The molecule has 2 aliphatic carbocycles. The maximum absolute atomic E-state index is 11.0. The van der Waals surface area contributed by atoms with Gasteiger partial charge in [-0.3, -0.25) is 0 Å². The molecule has 0 aromatic heterocycles. The molecule has 100 valence electrons. The van der Waals surface area contributed by atoms with E-state index in [4.69, 9.17) is 5.73 Å². The Morgan fingerprint density at radius 1 is 1.24 bits per heavy atom. The molecule has 2 unspecified atom stereocenters. The minimum atomic E-state index is -0.601. The first kappa shape index (κ1) is 13.4.